The van der Waals surface area contributed by atoms with Gasteiger partial charge in [-0.3, -0.25) is 4.79 Å². The first-order valence-electron chi connectivity index (χ1n) is 9.39. The summed E-state index contributed by atoms with van der Waals surface area (Å²) in [6.07, 6.45) is 1.59. The molecule has 1 heterocycles. The quantitative estimate of drug-likeness (QED) is 0.644. The molecule has 3 rings (SSSR count). The highest BCUT2D eigenvalue weighted by molar-refractivity contribution is 6.02. The minimum Gasteiger partial charge on any atom is -0.348 e. The van der Waals surface area contributed by atoms with Gasteiger partial charge in [-0.1, -0.05) is 63.2 Å². The van der Waals surface area contributed by atoms with Gasteiger partial charge in [0.05, 0.1) is 6.04 Å². The standard InChI is InChI=1S/C23H26N4O/c1-16(17-8-6-5-7-9-17)25-22-24-15-14-20(27-22)21(28)26-19-12-10-18(11-13-19)23(2,3)4/h5-16H,1-4H3,(H,26,28)(H,24,25,27). The molecule has 0 aliphatic heterocycles. The zero-order valence-electron chi connectivity index (χ0n) is 16.7. The van der Waals surface area contributed by atoms with Crippen molar-refractivity contribution in [3.63, 3.8) is 0 Å². The molecule has 0 saturated heterocycles. The monoisotopic (exact) mass is 374 g/mol. The van der Waals surface area contributed by atoms with Crippen molar-refractivity contribution in [2.45, 2.75) is 39.2 Å². The van der Waals surface area contributed by atoms with Crippen molar-refractivity contribution in [1.82, 2.24) is 9.97 Å². The molecule has 5 nitrogen and oxygen atoms in total. The maximum absolute atomic E-state index is 12.6. The van der Waals surface area contributed by atoms with Crippen molar-refractivity contribution >= 4 is 17.5 Å². The lowest BCUT2D eigenvalue weighted by atomic mass is 9.87. The number of hydrogen-bond donors (Lipinski definition) is 2. The molecule has 3 aromatic rings. The van der Waals surface area contributed by atoms with Gasteiger partial charge in [0.1, 0.15) is 5.69 Å². The number of benzene rings is 2. The van der Waals surface area contributed by atoms with Crippen molar-refractivity contribution in [1.29, 1.82) is 0 Å². The van der Waals surface area contributed by atoms with Gasteiger partial charge in [-0.15, -0.1) is 0 Å². The number of hydrogen-bond acceptors (Lipinski definition) is 4. The fourth-order valence-electron chi connectivity index (χ4n) is 2.82. The van der Waals surface area contributed by atoms with Gasteiger partial charge in [0.25, 0.3) is 5.91 Å². The summed E-state index contributed by atoms with van der Waals surface area (Å²) >= 11 is 0. The van der Waals surface area contributed by atoms with E-state index >= 15 is 0 Å². The molecule has 0 aliphatic carbocycles. The zero-order chi connectivity index (χ0) is 20.1. The Hall–Kier alpha value is -3.21. The van der Waals surface area contributed by atoms with Crippen LogP contribution in [0, 0.1) is 0 Å². The van der Waals surface area contributed by atoms with E-state index in [-0.39, 0.29) is 17.4 Å². The molecule has 144 valence electrons. The van der Waals surface area contributed by atoms with Gasteiger partial charge < -0.3 is 10.6 Å². The summed E-state index contributed by atoms with van der Waals surface area (Å²) in [5, 5.41) is 6.13. The van der Waals surface area contributed by atoms with Crippen molar-refractivity contribution < 1.29 is 4.79 Å². The molecule has 2 aromatic carbocycles. The van der Waals surface area contributed by atoms with E-state index in [1.165, 1.54) is 5.56 Å². The molecule has 0 bridgehead atoms. The molecule has 0 spiro atoms. The SMILES string of the molecule is CC(Nc1nccc(C(=O)Nc2ccc(C(C)(C)C)cc2)n1)c1ccccc1. The van der Waals surface area contributed by atoms with Gasteiger partial charge in [-0.2, -0.15) is 0 Å². The van der Waals surface area contributed by atoms with Crippen molar-refractivity contribution in [3.8, 4) is 0 Å². The molecular formula is C23H26N4O. The van der Waals surface area contributed by atoms with Gasteiger partial charge in [-0.25, -0.2) is 9.97 Å². The van der Waals surface area contributed by atoms with Crippen LogP contribution in [0.4, 0.5) is 11.6 Å². The molecule has 1 atom stereocenters. The molecule has 2 N–H and O–H groups in total. The predicted octanol–water partition coefficient (Wildman–Crippen LogP) is 5.20. The van der Waals surface area contributed by atoms with Crippen LogP contribution >= 0.6 is 0 Å². The highest BCUT2D eigenvalue weighted by Gasteiger charge is 2.14. The van der Waals surface area contributed by atoms with Crippen LogP contribution < -0.4 is 10.6 Å². The van der Waals surface area contributed by atoms with Crippen molar-refractivity contribution in [2.24, 2.45) is 0 Å². The summed E-state index contributed by atoms with van der Waals surface area (Å²) < 4.78 is 0. The van der Waals surface area contributed by atoms with E-state index in [0.717, 1.165) is 11.3 Å². The molecule has 1 amide bonds. The fourth-order valence-corrected chi connectivity index (χ4v) is 2.82. The Bertz CT molecular complexity index is 931. The lowest BCUT2D eigenvalue weighted by Crippen LogP contribution is -2.16. The Kier molecular flexibility index (Phi) is 5.73. The maximum Gasteiger partial charge on any atom is 0.274 e. The number of rotatable bonds is 5. The van der Waals surface area contributed by atoms with E-state index in [4.69, 9.17) is 0 Å². The number of carbonyl (C=O) groups is 1. The molecule has 0 fully saturated rings. The van der Waals surface area contributed by atoms with Crippen LogP contribution in [0.5, 0.6) is 0 Å². The van der Waals surface area contributed by atoms with Crippen molar-refractivity contribution in [2.75, 3.05) is 10.6 Å². The van der Waals surface area contributed by atoms with E-state index in [1.54, 1.807) is 12.3 Å². The highest BCUT2D eigenvalue weighted by Crippen LogP contribution is 2.23. The molecule has 0 aliphatic rings. The lowest BCUT2D eigenvalue weighted by molar-refractivity contribution is 0.102. The summed E-state index contributed by atoms with van der Waals surface area (Å²) in [4.78, 5) is 21.2. The van der Waals surface area contributed by atoms with E-state index in [9.17, 15) is 4.79 Å². The third kappa shape index (κ3) is 4.94. The third-order valence-corrected chi connectivity index (χ3v) is 4.54. The first-order chi connectivity index (χ1) is 13.3. The number of nitrogens with zero attached hydrogens (tertiary/aromatic N) is 2. The third-order valence-electron chi connectivity index (χ3n) is 4.54. The number of carbonyl (C=O) groups excluding carboxylic acids is 1. The largest absolute Gasteiger partial charge is 0.348 e. The van der Waals surface area contributed by atoms with Gasteiger partial charge in [0, 0.05) is 11.9 Å². The first kappa shape index (κ1) is 19.5. The minimum atomic E-state index is -0.263. The average Bonchev–Trinajstić information content (AvgIpc) is 2.68. The molecule has 1 aromatic heterocycles. The molecular weight excluding hydrogens is 348 g/mol. The smallest absolute Gasteiger partial charge is 0.274 e. The van der Waals surface area contributed by atoms with E-state index in [2.05, 4.69) is 41.4 Å². The van der Waals surface area contributed by atoms with Gasteiger partial charge in [0.15, 0.2) is 0 Å². The molecule has 28 heavy (non-hydrogen) atoms. The second-order valence-corrected chi connectivity index (χ2v) is 7.82. The molecule has 0 saturated carbocycles. The lowest BCUT2D eigenvalue weighted by Gasteiger charge is -2.19. The Morgan fingerprint density at radius 2 is 1.64 bits per heavy atom. The number of amides is 1. The van der Waals surface area contributed by atoms with E-state index in [1.807, 2.05) is 61.5 Å². The summed E-state index contributed by atoms with van der Waals surface area (Å²) in [5.41, 5.74) is 3.47. The average molecular weight is 374 g/mol. The van der Waals surface area contributed by atoms with E-state index in [0.29, 0.717) is 11.6 Å². The van der Waals surface area contributed by atoms with Crippen LogP contribution in [-0.4, -0.2) is 15.9 Å². The Balaban J connectivity index is 1.68. The van der Waals surface area contributed by atoms with Gasteiger partial charge in [-0.05, 0) is 41.7 Å². The van der Waals surface area contributed by atoms with Gasteiger partial charge >= 0.3 is 0 Å². The topological polar surface area (TPSA) is 66.9 Å². The van der Waals surface area contributed by atoms with Crippen molar-refractivity contribution in [3.05, 3.63) is 83.7 Å². The van der Waals surface area contributed by atoms with Crippen LogP contribution in [0.25, 0.3) is 0 Å². The van der Waals surface area contributed by atoms with Crippen LogP contribution in [0.3, 0.4) is 0 Å². The molecule has 1 unspecified atom stereocenters. The number of aromatic nitrogens is 2. The summed E-state index contributed by atoms with van der Waals surface area (Å²) in [6.45, 7) is 8.51. The van der Waals surface area contributed by atoms with Crippen LogP contribution in [0.2, 0.25) is 0 Å². The van der Waals surface area contributed by atoms with Crippen LogP contribution in [0.1, 0.15) is 55.4 Å². The second kappa shape index (κ2) is 8.21. The number of nitrogens with one attached hydrogen (secondary N) is 2. The van der Waals surface area contributed by atoms with Crippen LogP contribution in [0.15, 0.2) is 66.9 Å². The highest BCUT2D eigenvalue weighted by atomic mass is 16.1. The summed E-state index contributed by atoms with van der Waals surface area (Å²) in [5.74, 6) is 0.161. The summed E-state index contributed by atoms with van der Waals surface area (Å²) in [6, 6.07) is 19.6. The minimum absolute atomic E-state index is 0.0319. The summed E-state index contributed by atoms with van der Waals surface area (Å²) in [7, 11) is 0. The Labute approximate surface area is 166 Å². The molecule has 5 heteroatoms. The maximum atomic E-state index is 12.6. The molecule has 0 radical (unpaired) electrons. The second-order valence-electron chi connectivity index (χ2n) is 7.82. The van der Waals surface area contributed by atoms with E-state index < -0.39 is 0 Å². The Morgan fingerprint density at radius 1 is 0.964 bits per heavy atom. The predicted molar refractivity (Wildman–Crippen MR) is 114 cm³/mol. The number of anilines is 2. The van der Waals surface area contributed by atoms with Gasteiger partial charge in [0.2, 0.25) is 5.95 Å². The first-order valence-corrected chi connectivity index (χ1v) is 9.39. The van der Waals surface area contributed by atoms with Crippen LogP contribution in [-0.2, 0) is 5.41 Å². The Morgan fingerprint density at radius 3 is 2.29 bits per heavy atom. The normalized spacial score (nSPS) is 12.3. The fraction of sp³-hybridized carbons (Fsp3) is 0.261. The zero-order valence-corrected chi connectivity index (χ0v) is 16.7.